The molecule has 4 heteroatoms. The van der Waals surface area contributed by atoms with Crippen LogP contribution >= 0.6 is 0 Å². The molecule has 1 amide bonds. The number of nitrogens with zero attached hydrogens (tertiary/aromatic N) is 2. The first-order valence-electron chi connectivity index (χ1n) is 7.39. The Labute approximate surface area is 121 Å². The molecule has 1 aromatic carbocycles. The lowest BCUT2D eigenvalue weighted by Crippen LogP contribution is -2.44. The highest BCUT2D eigenvalue weighted by Crippen LogP contribution is 2.15. The van der Waals surface area contributed by atoms with Crippen LogP contribution in [0.1, 0.15) is 30.9 Å². The third kappa shape index (κ3) is 3.38. The Balaban J connectivity index is 1.99. The van der Waals surface area contributed by atoms with E-state index in [-0.39, 0.29) is 11.9 Å². The van der Waals surface area contributed by atoms with Crippen molar-refractivity contribution in [2.24, 2.45) is 5.73 Å². The van der Waals surface area contributed by atoms with E-state index in [4.69, 9.17) is 5.73 Å². The van der Waals surface area contributed by atoms with E-state index in [1.54, 1.807) is 0 Å². The molecule has 1 aliphatic rings. The van der Waals surface area contributed by atoms with Crippen LogP contribution in [0.25, 0.3) is 0 Å². The average Bonchev–Trinajstić information content (AvgIpc) is 3.00. The maximum atomic E-state index is 12.4. The fraction of sp³-hybridized carbons (Fsp3) is 0.562. The molecule has 1 unspecified atom stereocenters. The summed E-state index contributed by atoms with van der Waals surface area (Å²) < 4.78 is 0. The SMILES string of the molecule is CC(C(=O)N1CCCC1)N(C)Cc1ccccc1CN. The van der Waals surface area contributed by atoms with Crippen LogP contribution in [0.2, 0.25) is 0 Å². The minimum absolute atomic E-state index is 0.0843. The number of rotatable bonds is 5. The summed E-state index contributed by atoms with van der Waals surface area (Å²) in [5.74, 6) is 0.246. The zero-order chi connectivity index (χ0) is 14.5. The summed E-state index contributed by atoms with van der Waals surface area (Å²) in [4.78, 5) is 16.5. The number of hydrogen-bond acceptors (Lipinski definition) is 3. The molecule has 0 bridgehead atoms. The van der Waals surface area contributed by atoms with E-state index >= 15 is 0 Å². The molecule has 0 saturated carbocycles. The molecule has 1 aromatic rings. The molecule has 1 heterocycles. The van der Waals surface area contributed by atoms with Gasteiger partial charge in [0.2, 0.25) is 5.91 Å². The third-order valence-corrected chi connectivity index (χ3v) is 4.19. The second-order valence-corrected chi connectivity index (χ2v) is 5.60. The minimum atomic E-state index is -0.0843. The van der Waals surface area contributed by atoms with Gasteiger partial charge in [-0.05, 0) is 37.9 Å². The summed E-state index contributed by atoms with van der Waals surface area (Å²) in [5, 5.41) is 0. The van der Waals surface area contributed by atoms with Gasteiger partial charge in [0.05, 0.1) is 6.04 Å². The van der Waals surface area contributed by atoms with E-state index in [2.05, 4.69) is 17.0 Å². The lowest BCUT2D eigenvalue weighted by Gasteiger charge is -2.28. The predicted molar refractivity (Wildman–Crippen MR) is 81.1 cm³/mol. The third-order valence-electron chi connectivity index (χ3n) is 4.19. The molecule has 0 aliphatic carbocycles. The number of benzene rings is 1. The number of carbonyl (C=O) groups excluding carboxylic acids is 1. The Morgan fingerprint density at radius 1 is 1.30 bits per heavy atom. The summed E-state index contributed by atoms with van der Waals surface area (Å²) in [5.41, 5.74) is 8.13. The van der Waals surface area contributed by atoms with E-state index in [0.717, 1.165) is 38.0 Å². The second kappa shape index (κ2) is 6.86. The van der Waals surface area contributed by atoms with E-state index in [1.165, 1.54) is 5.56 Å². The second-order valence-electron chi connectivity index (χ2n) is 5.60. The Morgan fingerprint density at radius 3 is 2.50 bits per heavy atom. The Bertz CT molecular complexity index is 455. The molecule has 20 heavy (non-hydrogen) atoms. The van der Waals surface area contributed by atoms with Crippen LogP contribution < -0.4 is 5.73 Å². The maximum absolute atomic E-state index is 12.4. The minimum Gasteiger partial charge on any atom is -0.341 e. The first-order valence-corrected chi connectivity index (χ1v) is 7.39. The van der Waals surface area contributed by atoms with Crippen molar-refractivity contribution < 1.29 is 4.79 Å². The van der Waals surface area contributed by atoms with Crippen molar-refractivity contribution in [1.82, 2.24) is 9.80 Å². The Morgan fingerprint density at radius 2 is 1.90 bits per heavy atom. The number of likely N-dealkylation sites (tertiary alicyclic amines) is 1. The van der Waals surface area contributed by atoms with E-state index in [0.29, 0.717) is 6.54 Å². The molecule has 0 aromatic heterocycles. The van der Waals surface area contributed by atoms with Crippen LogP contribution in [0.4, 0.5) is 0 Å². The Kier molecular flexibility index (Phi) is 5.15. The summed E-state index contributed by atoms with van der Waals surface area (Å²) in [7, 11) is 2.01. The monoisotopic (exact) mass is 275 g/mol. The van der Waals surface area contributed by atoms with Crippen LogP contribution in [0.15, 0.2) is 24.3 Å². The van der Waals surface area contributed by atoms with Crippen LogP contribution in [-0.4, -0.2) is 41.9 Å². The lowest BCUT2D eigenvalue weighted by molar-refractivity contribution is -0.135. The van der Waals surface area contributed by atoms with E-state index in [9.17, 15) is 4.79 Å². The zero-order valence-electron chi connectivity index (χ0n) is 12.5. The fourth-order valence-corrected chi connectivity index (χ4v) is 2.71. The van der Waals surface area contributed by atoms with Crippen molar-refractivity contribution in [1.29, 1.82) is 0 Å². The summed E-state index contributed by atoms with van der Waals surface area (Å²) in [6, 6.07) is 8.08. The highest BCUT2D eigenvalue weighted by molar-refractivity contribution is 5.81. The molecule has 0 spiro atoms. The number of likely N-dealkylation sites (N-methyl/N-ethyl adjacent to an activating group) is 1. The molecule has 2 N–H and O–H groups in total. The molecule has 1 aliphatic heterocycles. The molecule has 1 saturated heterocycles. The van der Waals surface area contributed by atoms with E-state index < -0.39 is 0 Å². The first-order chi connectivity index (χ1) is 9.63. The molecule has 2 rings (SSSR count). The van der Waals surface area contributed by atoms with Gasteiger partial charge in [-0.25, -0.2) is 0 Å². The average molecular weight is 275 g/mol. The maximum Gasteiger partial charge on any atom is 0.239 e. The number of nitrogens with two attached hydrogens (primary N) is 1. The fourth-order valence-electron chi connectivity index (χ4n) is 2.71. The van der Waals surface area contributed by atoms with Crippen molar-refractivity contribution in [3.63, 3.8) is 0 Å². The normalized spacial score (nSPS) is 16.7. The van der Waals surface area contributed by atoms with Crippen LogP contribution in [0.3, 0.4) is 0 Å². The highest BCUT2D eigenvalue weighted by atomic mass is 16.2. The number of hydrogen-bond donors (Lipinski definition) is 1. The van der Waals surface area contributed by atoms with Crippen molar-refractivity contribution >= 4 is 5.91 Å². The summed E-state index contributed by atoms with van der Waals surface area (Å²) in [6.45, 7) is 5.12. The van der Waals surface area contributed by atoms with Gasteiger partial charge in [-0.3, -0.25) is 9.69 Å². The number of amides is 1. The number of carbonyl (C=O) groups is 1. The quantitative estimate of drug-likeness (QED) is 0.888. The topological polar surface area (TPSA) is 49.6 Å². The first kappa shape index (κ1) is 15.0. The van der Waals surface area contributed by atoms with Crippen molar-refractivity contribution in [2.75, 3.05) is 20.1 Å². The van der Waals surface area contributed by atoms with E-state index in [1.807, 2.05) is 31.0 Å². The smallest absolute Gasteiger partial charge is 0.239 e. The Hall–Kier alpha value is -1.39. The van der Waals surface area contributed by atoms with Gasteiger partial charge in [0, 0.05) is 26.2 Å². The molecule has 4 nitrogen and oxygen atoms in total. The van der Waals surface area contributed by atoms with Gasteiger partial charge in [0.25, 0.3) is 0 Å². The highest BCUT2D eigenvalue weighted by Gasteiger charge is 2.26. The van der Waals surface area contributed by atoms with Gasteiger partial charge in [-0.1, -0.05) is 24.3 Å². The summed E-state index contributed by atoms with van der Waals surface area (Å²) >= 11 is 0. The van der Waals surface area contributed by atoms with Crippen molar-refractivity contribution in [3.05, 3.63) is 35.4 Å². The summed E-state index contributed by atoms with van der Waals surface area (Å²) in [6.07, 6.45) is 2.27. The van der Waals surface area contributed by atoms with Crippen molar-refractivity contribution in [2.45, 2.75) is 38.9 Å². The van der Waals surface area contributed by atoms with Gasteiger partial charge in [-0.2, -0.15) is 0 Å². The van der Waals surface area contributed by atoms with Gasteiger partial charge in [-0.15, -0.1) is 0 Å². The molecule has 110 valence electrons. The van der Waals surface area contributed by atoms with Gasteiger partial charge in [0.15, 0.2) is 0 Å². The van der Waals surface area contributed by atoms with Gasteiger partial charge in [0.1, 0.15) is 0 Å². The van der Waals surface area contributed by atoms with Gasteiger partial charge < -0.3 is 10.6 Å². The molecular weight excluding hydrogens is 250 g/mol. The standard InChI is InChI=1S/C16H25N3O/c1-13(16(20)19-9-5-6-10-19)18(2)12-15-8-4-3-7-14(15)11-17/h3-4,7-8,13H,5-6,9-12,17H2,1-2H3. The predicted octanol–water partition coefficient (Wildman–Crippen LogP) is 1.59. The van der Waals surface area contributed by atoms with Gasteiger partial charge >= 0.3 is 0 Å². The molecule has 0 radical (unpaired) electrons. The molecule has 1 fully saturated rings. The largest absolute Gasteiger partial charge is 0.341 e. The van der Waals surface area contributed by atoms with Crippen LogP contribution in [0.5, 0.6) is 0 Å². The molecule has 1 atom stereocenters. The zero-order valence-corrected chi connectivity index (χ0v) is 12.5. The van der Waals surface area contributed by atoms with Crippen molar-refractivity contribution in [3.8, 4) is 0 Å². The molecular formula is C16H25N3O. The van der Waals surface area contributed by atoms with Crippen LogP contribution in [0, 0.1) is 0 Å². The van der Waals surface area contributed by atoms with Crippen LogP contribution in [-0.2, 0) is 17.9 Å². The lowest BCUT2D eigenvalue weighted by atomic mass is 10.1.